The van der Waals surface area contributed by atoms with Gasteiger partial charge in [-0.1, -0.05) is 43.5 Å². The number of aromatic carboxylic acids is 1. The monoisotopic (exact) mass is 515 g/mol. The van der Waals surface area contributed by atoms with Crippen molar-refractivity contribution in [2.45, 2.75) is 63.5 Å². The van der Waals surface area contributed by atoms with Gasteiger partial charge in [0.05, 0.1) is 23.9 Å². The topological polar surface area (TPSA) is 75.0 Å². The Morgan fingerprint density at radius 1 is 0.947 bits per heavy atom. The van der Waals surface area contributed by atoms with Gasteiger partial charge in [-0.15, -0.1) is 0 Å². The first-order valence-corrected chi connectivity index (χ1v) is 14.1. The van der Waals surface area contributed by atoms with Gasteiger partial charge in [0.1, 0.15) is 0 Å². The summed E-state index contributed by atoms with van der Waals surface area (Å²) in [6, 6.07) is 14.1. The molecule has 1 N–H and O–H groups in total. The molecule has 3 aliphatic rings. The summed E-state index contributed by atoms with van der Waals surface area (Å²) in [6.07, 6.45) is 8.06. The van der Waals surface area contributed by atoms with Gasteiger partial charge in [-0.25, -0.2) is 4.79 Å². The van der Waals surface area contributed by atoms with Crippen LogP contribution in [-0.4, -0.2) is 65.8 Å². The summed E-state index contributed by atoms with van der Waals surface area (Å²) in [7, 11) is 1.75. The Morgan fingerprint density at radius 2 is 1.71 bits per heavy atom. The van der Waals surface area contributed by atoms with Crippen molar-refractivity contribution in [1.29, 1.82) is 0 Å². The number of fused-ring (bicyclic) bond motifs is 5. The third-order valence-electron chi connectivity index (χ3n) is 8.91. The van der Waals surface area contributed by atoms with Crippen molar-refractivity contribution in [2.75, 3.05) is 38.2 Å². The lowest BCUT2D eigenvalue weighted by Gasteiger charge is -2.33. The average Bonchev–Trinajstić information content (AvgIpc) is 3.20. The Kier molecular flexibility index (Phi) is 6.87. The van der Waals surface area contributed by atoms with Gasteiger partial charge in [0.2, 0.25) is 5.91 Å². The molecule has 2 aromatic carbocycles. The molecule has 1 amide bonds. The smallest absolute Gasteiger partial charge is 0.335 e. The summed E-state index contributed by atoms with van der Waals surface area (Å²) in [4.78, 5) is 29.5. The van der Waals surface area contributed by atoms with Crippen molar-refractivity contribution in [1.82, 2.24) is 9.47 Å². The molecule has 1 saturated carbocycles. The van der Waals surface area contributed by atoms with Crippen LogP contribution in [-0.2, 0) is 16.1 Å². The average molecular weight is 516 g/mol. The number of piperidine rings is 1. The highest BCUT2D eigenvalue weighted by molar-refractivity contribution is 6.00. The first-order chi connectivity index (χ1) is 18.5. The molecule has 1 aromatic heterocycles. The van der Waals surface area contributed by atoms with Crippen LogP contribution in [0.4, 0.5) is 5.69 Å². The second kappa shape index (κ2) is 10.4. The van der Waals surface area contributed by atoms with Gasteiger partial charge in [0.25, 0.3) is 0 Å². The predicted octanol–water partition coefficient (Wildman–Crippen LogP) is 5.51. The molecule has 7 heteroatoms. The normalized spacial score (nSPS) is 18.8. The number of carbonyl (C=O) groups is 2. The van der Waals surface area contributed by atoms with Gasteiger partial charge in [0.15, 0.2) is 0 Å². The maximum atomic E-state index is 13.4. The molecular weight excluding hydrogens is 478 g/mol. The summed E-state index contributed by atoms with van der Waals surface area (Å²) < 4.78 is 7.82. The third-order valence-corrected chi connectivity index (χ3v) is 8.91. The zero-order chi connectivity index (χ0) is 26.2. The highest BCUT2D eigenvalue weighted by Gasteiger charge is 2.32. The molecule has 7 nitrogen and oxygen atoms in total. The molecule has 3 aromatic rings. The van der Waals surface area contributed by atoms with Crippen LogP contribution >= 0.6 is 0 Å². The van der Waals surface area contributed by atoms with Crippen molar-refractivity contribution in [2.24, 2.45) is 0 Å². The van der Waals surface area contributed by atoms with E-state index in [9.17, 15) is 14.7 Å². The molecule has 1 aliphatic carbocycles. The molecule has 3 heterocycles. The minimum absolute atomic E-state index is 0.159. The molecule has 200 valence electrons. The van der Waals surface area contributed by atoms with Crippen molar-refractivity contribution >= 4 is 28.5 Å². The molecule has 0 radical (unpaired) electrons. The van der Waals surface area contributed by atoms with Gasteiger partial charge in [-0.2, -0.15) is 0 Å². The van der Waals surface area contributed by atoms with E-state index in [-0.39, 0.29) is 12.0 Å². The molecule has 2 aliphatic heterocycles. The van der Waals surface area contributed by atoms with Crippen LogP contribution in [0.1, 0.15) is 66.8 Å². The molecule has 2 fully saturated rings. The lowest BCUT2D eigenvalue weighted by molar-refractivity contribution is -0.132. The molecule has 1 saturated heterocycles. The third kappa shape index (κ3) is 4.47. The van der Waals surface area contributed by atoms with Crippen LogP contribution in [0.5, 0.6) is 0 Å². The first-order valence-electron chi connectivity index (χ1n) is 14.1. The molecular formula is C31H37N3O4. The minimum atomic E-state index is -0.903. The highest BCUT2D eigenvalue weighted by atomic mass is 16.5. The second-order valence-electron chi connectivity index (χ2n) is 11.0. The van der Waals surface area contributed by atoms with E-state index in [0.29, 0.717) is 31.1 Å². The van der Waals surface area contributed by atoms with Crippen molar-refractivity contribution in [3.63, 3.8) is 0 Å². The Bertz CT molecular complexity index is 1350. The quantitative estimate of drug-likeness (QED) is 0.485. The largest absolute Gasteiger partial charge is 0.478 e. The maximum absolute atomic E-state index is 13.4. The van der Waals surface area contributed by atoms with Gasteiger partial charge < -0.3 is 24.2 Å². The van der Waals surface area contributed by atoms with Crippen LogP contribution in [0, 0.1) is 0 Å². The van der Waals surface area contributed by atoms with E-state index in [1.165, 1.54) is 35.9 Å². The number of hydrogen-bond donors (Lipinski definition) is 1. The number of carboxylic acids is 1. The minimum Gasteiger partial charge on any atom is -0.478 e. The van der Waals surface area contributed by atoms with Gasteiger partial charge >= 0.3 is 5.97 Å². The number of anilines is 1. The number of para-hydroxylation sites is 1. The number of benzene rings is 2. The number of carbonyl (C=O) groups excluding carboxylic acids is 1. The SMILES string of the molecule is COC1CCN(C(=O)CN2CCn3c(c(C4CCCCC4)c4ccc(C(=O)O)cc43)-c3ccccc32)CC1. The van der Waals surface area contributed by atoms with Crippen LogP contribution in [0.25, 0.3) is 22.2 Å². The number of carboxylic acid groups (broad SMARTS) is 1. The van der Waals surface area contributed by atoms with E-state index in [1.807, 2.05) is 17.0 Å². The molecule has 0 spiro atoms. The number of amides is 1. The summed E-state index contributed by atoms with van der Waals surface area (Å²) in [5.74, 6) is -0.284. The van der Waals surface area contributed by atoms with Gasteiger partial charge in [0, 0.05) is 55.4 Å². The number of ether oxygens (including phenoxy) is 1. The van der Waals surface area contributed by atoms with Gasteiger partial charge in [-0.05, 0) is 55.4 Å². The lowest BCUT2D eigenvalue weighted by Crippen LogP contribution is -2.46. The van der Waals surface area contributed by atoms with Crippen LogP contribution in [0.3, 0.4) is 0 Å². The Labute approximate surface area is 224 Å². The second-order valence-corrected chi connectivity index (χ2v) is 11.0. The fraction of sp³-hybridized carbons (Fsp3) is 0.484. The number of methoxy groups -OCH3 is 1. The predicted molar refractivity (Wildman–Crippen MR) is 149 cm³/mol. The summed E-state index contributed by atoms with van der Waals surface area (Å²) in [6.45, 7) is 3.21. The number of rotatable bonds is 5. The van der Waals surface area contributed by atoms with E-state index < -0.39 is 5.97 Å². The Balaban J connectivity index is 1.41. The zero-order valence-corrected chi connectivity index (χ0v) is 22.2. The van der Waals surface area contributed by atoms with Crippen molar-refractivity contribution < 1.29 is 19.4 Å². The van der Waals surface area contributed by atoms with E-state index in [2.05, 4.69) is 33.7 Å². The van der Waals surface area contributed by atoms with Crippen LogP contribution in [0.15, 0.2) is 42.5 Å². The highest BCUT2D eigenvalue weighted by Crippen LogP contribution is 2.47. The summed E-state index contributed by atoms with van der Waals surface area (Å²) in [5.41, 5.74) is 6.11. The molecule has 0 bridgehead atoms. The summed E-state index contributed by atoms with van der Waals surface area (Å²) in [5, 5.41) is 10.9. The molecule has 6 rings (SSSR count). The number of likely N-dealkylation sites (tertiary alicyclic amines) is 1. The zero-order valence-electron chi connectivity index (χ0n) is 22.2. The van der Waals surface area contributed by atoms with E-state index in [1.54, 1.807) is 13.2 Å². The fourth-order valence-corrected chi connectivity index (χ4v) is 6.90. The van der Waals surface area contributed by atoms with E-state index in [4.69, 9.17) is 4.74 Å². The molecule has 0 unspecified atom stereocenters. The Morgan fingerprint density at radius 3 is 2.45 bits per heavy atom. The van der Waals surface area contributed by atoms with E-state index >= 15 is 0 Å². The number of nitrogens with zero attached hydrogens (tertiary/aromatic N) is 3. The number of hydrogen-bond acceptors (Lipinski definition) is 4. The van der Waals surface area contributed by atoms with Crippen molar-refractivity contribution in [3.8, 4) is 11.3 Å². The maximum Gasteiger partial charge on any atom is 0.335 e. The molecule has 38 heavy (non-hydrogen) atoms. The van der Waals surface area contributed by atoms with Crippen LogP contribution in [0.2, 0.25) is 0 Å². The fourth-order valence-electron chi connectivity index (χ4n) is 6.90. The first kappa shape index (κ1) is 25.0. The van der Waals surface area contributed by atoms with E-state index in [0.717, 1.165) is 55.5 Å². The van der Waals surface area contributed by atoms with Crippen LogP contribution < -0.4 is 4.90 Å². The van der Waals surface area contributed by atoms with Crippen molar-refractivity contribution in [3.05, 3.63) is 53.6 Å². The molecule has 0 atom stereocenters. The Hall–Kier alpha value is -3.32. The lowest BCUT2D eigenvalue weighted by atomic mass is 9.81. The summed E-state index contributed by atoms with van der Waals surface area (Å²) >= 11 is 0. The standard InChI is InChI=1S/C31H37N3O4/c1-38-23-13-15-32(16-14-23)28(35)20-33-17-18-34-27-19-22(31(36)37)11-12-24(27)29(21-7-3-2-4-8-21)30(34)25-9-5-6-10-26(25)33/h5-6,9-12,19,21,23H,2-4,7-8,13-18,20H2,1H3,(H,36,37). The van der Waals surface area contributed by atoms with Gasteiger partial charge in [-0.3, -0.25) is 4.79 Å². The number of aromatic nitrogens is 1.